The van der Waals surface area contributed by atoms with Crippen molar-refractivity contribution in [1.29, 1.82) is 0 Å². The number of benzene rings is 2. The number of aromatic hydroxyl groups is 1. The topological polar surface area (TPSA) is 200 Å². The molecule has 3 rings (SSSR count). The number of amides is 1. The Bertz CT molecular complexity index is 1370. The fourth-order valence-corrected chi connectivity index (χ4v) is 2.80. The first kappa shape index (κ1) is 24.4. The van der Waals surface area contributed by atoms with Crippen LogP contribution >= 0.6 is 0 Å². The van der Waals surface area contributed by atoms with Crippen molar-refractivity contribution < 1.29 is 29.2 Å². The lowest BCUT2D eigenvalue weighted by molar-refractivity contribution is -0.387. The summed E-state index contributed by atoms with van der Waals surface area (Å²) >= 11 is 0. The van der Waals surface area contributed by atoms with E-state index in [0.717, 1.165) is 0 Å². The molecule has 1 aromatic heterocycles. The number of hydrogen-bond acceptors (Lipinski definition) is 10. The van der Waals surface area contributed by atoms with Crippen molar-refractivity contribution >= 4 is 35.1 Å². The van der Waals surface area contributed by atoms with Gasteiger partial charge in [0.15, 0.2) is 18.1 Å². The van der Waals surface area contributed by atoms with E-state index in [0.29, 0.717) is 11.3 Å². The van der Waals surface area contributed by atoms with E-state index >= 15 is 0 Å². The van der Waals surface area contributed by atoms with Gasteiger partial charge in [-0.25, -0.2) is 0 Å². The molecule has 0 saturated carbocycles. The quantitative estimate of drug-likeness (QED) is 0.300. The van der Waals surface area contributed by atoms with Crippen LogP contribution in [0.2, 0.25) is 0 Å². The number of H-pyrrole nitrogens is 1. The molecule has 0 bridgehead atoms. The lowest BCUT2D eigenvalue weighted by Gasteiger charge is -2.11. The third kappa shape index (κ3) is 6.16. The van der Waals surface area contributed by atoms with E-state index in [1.165, 1.54) is 49.6 Å². The molecule has 14 heteroatoms. The fourth-order valence-electron chi connectivity index (χ4n) is 2.80. The van der Waals surface area contributed by atoms with Gasteiger partial charge < -0.3 is 24.9 Å². The molecule has 0 saturated heterocycles. The van der Waals surface area contributed by atoms with E-state index in [1.807, 2.05) is 0 Å². The number of carbonyl (C=O) groups excluding carboxylic acids is 1. The molecule has 14 nitrogen and oxygen atoms in total. The maximum atomic E-state index is 12.1. The number of aromatic nitrogens is 2. The van der Waals surface area contributed by atoms with Crippen LogP contribution in [0.25, 0.3) is 12.2 Å². The Hall–Kier alpha value is -5.27. The van der Waals surface area contributed by atoms with Crippen LogP contribution in [0, 0.1) is 20.2 Å². The zero-order valence-electron chi connectivity index (χ0n) is 18.0. The molecule has 3 N–H and O–H groups in total. The van der Waals surface area contributed by atoms with Crippen molar-refractivity contribution in [3.05, 3.63) is 84.4 Å². The van der Waals surface area contributed by atoms with Gasteiger partial charge >= 0.3 is 11.2 Å². The normalized spacial score (nSPS) is 10.7. The number of aromatic amines is 1. The summed E-state index contributed by atoms with van der Waals surface area (Å²) in [5, 5.41) is 33.6. The van der Waals surface area contributed by atoms with E-state index in [-0.39, 0.29) is 29.6 Å². The Morgan fingerprint density at radius 2 is 1.83 bits per heavy atom. The number of ether oxygens (including phenoxy) is 2. The molecule has 180 valence electrons. The van der Waals surface area contributed by atoms with Crippen molar-refractivity contribution in [2.45, 2.75) is 0 Å². The Morgan fingerprint density at radius 1 is 1.11 bits per heavy atom. The molecule has 0 radical (unpaired) electrons. The van der Waals surface area contributed by atoms with Gasteiger partial charge in [0.1, 0.15) is 5.82 Å². The molecule has 0 spiro atoms. The van der Waals surface area contributed by atoms with Crippen LogP contribution in [0.3, 0.4) is 0 Å². The predicted molar refractivity (Wildman–Crippen MR) is 122 cm³/mol. The molecule has 0 fully saturated rings. The lowest BCUT2D eigenvalue weighted by atomic mass is 10.2. The minimum atomic E-state index is -1.10. The average Bonchev–Trinajstić information content (AvgIpc) is 2.81. The van der Waals surface area contributed by atoms with Crippen molar-refractivity contribution in [3.63, 3.8) is 0 Å². The first-order chi connectivity index (χ1) is 16.7. The summed E-state index contributed by atoms with van der Waals surface area (Å²) in [4.78, 5) is 49.4. The molecular weight excluding hydrogens is 466 g/mol. The highest BCUT2D eigenvalue weighted by atomic mass is 16.6. The second-order valence-corrected chi connectivity index (χ2v) is 6.76. The number of nitro groups is 2. The van der Waals surface area contributed by atoms with Crippen LogP contribution in [0.15, 0.2) is 47.3 Å². The van der Waals surface area contributed by atoms with E-state index in [9.17, 15) is 34.9 Å². The smallest absolute Gasteiger partial charge is 0.395 e. The molecular formula is C21H17N5O9. The van der Waals surface area contributed by atoms with Crippen molar-refractivity contribution in [2.24, 2.45) is 0 Å². The van der Waals surface area contributed by atoms with Gasteiger partial charge in [0.25, 0.3) is 17.5 Å². The first-order valence-electron chi connectivity index (χ1n) is 9.69. The molecule has 0 aliphatic carbocycles. The number of nitro benzene ring substituents is 1. The molecule has 0 unspecified atom stereocenters. The number of non-ortho nitro benzene ring substituents is 1. The highest BCUT2D eigenvalue weighted by Crippen LogP contribution is 2.29. The van der Waals surface area contributed by atoms with Gasteiger partial charge in [-0.2, -0.15) is 4.98 Å². The van der Waals surface area contributed by atoms with Crippen LogP contribution in [0.5, 0.6) is 17.4 Å². The zero-order chi connectivity index (χ0) is 25.5. The van der Waals surface area contributed by atoms with Crippen LogP contribution in [-0.4, -0.2) is 44.5 Å². The fraction of sp³-hybridized carbons (Fsp3) is 0.0952. The predicted octanol–water partition coefficient (Wildman–Crippen LogP) is 2.49. The van der Waals surface area contributed by atoms with Gasteiger partial charge in [0.2, 0.25) is 0 Å². The van der Waals surface area contributed by atoms with Gasteiger partial charge in [-0.15, -0.1) is 0 Å². The second-order valence-electron chi connectivity index (χ2n) is 6.76. The Kier molecular flexibility index (Phi) is 7.36. The van der Waals surface area contributed by atoms with E-state index < -0.39 is 32.9 Å². The first-order valence-corrected chi connectivity index (χ1v) is 9.69. The molecule has 2 aromatic carbocycles. The summed E-state index contributed by atoms with van der Waals surface area (Å²) in [6, 6.07) is 10.00. The standard InChI is InChI=1S/C21H17N5O9/c1-34-16-10-12(3-9-17-23-20(28)19(26(32)33)21(29)24-17)2-8-15(16)35-11-18(27)22-13-4-6-14(7-5-13)25(30)31/h2-10H,11H2,1H3,(H,22,27)(H2,23,24,28,29)/b9-3+. The molecule has 0 aliphatic rings. The third-order valence-corrected chi connectivity index (χ3v) is 4.42. The van der Waals surface area contributed by atoms with Crippen LogP contribution in [0.4, 0.5) is 17.1 Å². The number of methoxy groups -OCH3 is 1. The maximum Gasteiger partial charge on any atom is 0.395 e. The summed E-state index contributed by atoms with van der Waals surface area (Å²) in [6.45, 7) is -0.365. The Balaban J connectivity index is 1.66. The van der Waals surface area contributed by atoms with E-state index in [2.05, 4.69) is 15.3 Å². The van der Waals surface area contributed by atoms with Crippen molar-refractivity contribution in [1.82, 2.24) is 9.97 Å². The largest absolute Gasteiger partial charge is 0.493 e. The molecule has 0 aliphatic heterocycles. The SMILES string of the molecule is COc1cc(/C=C/c2nc(O)c([N+](=O)[O-])c(=O)[nH]2)ccc1OCC(=O)Nc1ccc([N+](=O)[O-])cc1. The van der Waals surface area contributed by atoms with Gasteiger partial charge in [-0.3, -0.25) is 29.8 Å². The minimum Gasteiger partial charge on any atom is -0.493 e. The van der Waals surface area contributed by atoms with Gasteiger partial charge in [-0.1, -0.05) is 12.1 Å². The Morgan fingerprint density at radius 3 is 2.43 bits per heavy atom. The van der Waals surface area contributed by atoms with E-state index in [1.54, 1.807) is 12.1 Å². The number of nitrogens with zero attached hydrogens (tertiary/aromatic N) is 3. The lowest BCUT2D eigenvalue weighted by Crippen LogP contribution is -2.20. The van der Waals surface area contributed by atoms with Crippen LogP contribution in [0.1, 0.15) is 11.4 Å². The zero-order valence-corrected chi connectivity index (χ0v) is 18.0. The number of hydrogen-bond donors (Lipinski definition) is 3. The molecule has 0 atom stereocenters. The molecule has 35 heavy (non-hydrogen) atoms. The number of anilines is 1. The summed E-state index contributed by atoms with van der Waals surface area (Å²) < 4.78 is 10.7. The van der Waals surface area contributed by atoms with Gasteiger partial charge in [0.05, 0.1) is 17.0 Å². The van der Waals surface area contributed by atoms with Crippen LogP contribution < -0.4 is 20.3 Å². The highest BCUT2D eigenvalue weighted by Gasteiger charge is 2.21. The van der Waals surface area contributed by atoms with Gasteiger partial charge in [0, 0.05) is 17.8 Å². The summed E-state index contributed by atoms with van der Waals surface area (Å²) in [5.41, 5.74) is -1.34. The van der Waals surface area contributed by atoms with Gasteiger partial charge in [-0.05, 0) is 35.9 Å². The summed E-state index contributed by atoms with van der Waals surface area (Å²) in [6.07, 6.45) is 2.81. The van der Waals surface area contributed by atoms with Crippen molar-refractivity contribution in [3.8, 4) is 17.4 Å². The second kappa shape index (κ2) is 10.6. The minimum absolute atomic E-state index is 0.106. The third-order valence-electron chi connectivity index (χ3n) is 4.42. The summed E-state index contributed by atoms with van der Waals surface area (Å²) in [5.74, 6) is -1.09. The molecule has 1 heterocycles. The average molecular weight is 483 g/mol. The monoisotopic (exact) mass is 483 g/mol. The molecule has 1 amide bonds. The maximum absolute atomic E-state index is 12.1. The highest BCUT2D eigenvalue weighted by molar-refractivity contribution is 5.92. The summed E-state index contributed by atoms with van der Waals surface area (Å²) in [7, 11) is 1.39. The van der Waals surface area contributed by atoms with Crippen molar-refractivity contribution in [2.75, 3.05) is 19.0 Å². The number of nitrogens with one attached hydrogen (secondary N) is 2. The number of rotatable bonds is 9. The number of carbonyl (C=O) groups is 1. The molecule has 3 aromatic rings. The van der Waals surface area contributed by atoms with E-state index in [4.69, 9.17) is 9.47 Å². The van der Waals surface area contributed by atoms with Crippen LogP contribution in [-0.2, 0) is 4.79 Å². The Labute approximate surface area is 195 Å².